The second-order valence-electron chi connectivity index (χ2n) is 5.92. The fourth-order valence-electron chi connectivity index (χ4n) is 2.09. The maximum absolute atomic E-state index is 5.27. The van der Waals surface area contributed by atoms with Crippen LogP contribution in [0, 0.1) is 19.3 Å². The molecule has 0 atom stereocenters. The molecule has 1 aliphatic heterocycles. The van der Waals surface area contributed by atoms with E-state index in [2.05, 4.69) is 48.3 Å². The van der Waals surface area contributed by atoms with Gasteiger partial charge in [-0.3, -0.25) is 4.99 Å². The zero-order chi connectivity index (χ0) is 15.3. The molecule has 1 saturated heterocycles. The summed E-state index contributed by atoms with van der Waals surface area (Å²) in [7, 11) is 0. The van der Waals surface area contributed by atoms with E-state index in [0.717, 1.165) is 50.9 Å². The summed E-state index contributed by atoms with van der Waals surface area (Å²) >= 11 is 1.78. The van der Waals surface area contributed by atoms with Crippen molar-refractivity contribution in [2.24, 2.45) is 10.4 Å². The van der Waals surface area contributed by atoms with Gasteiger partial charge in [-0.15, -0.1) is 35.3 Å². The summed E-state index contributed by atoms with van der Waals surface area (Å²) in [5.41, 5.74) is 1.36. The zero-order valence-electron chi connectivity index (χ0n) is 13.9. The summed E-state index contributed by atoms with van der Waals surface area (Å²) in [6.07, 6.45) is 0.935. The first-order valence-electron chi connectivity index (χ1n) is 7.55. The third-order valence-electron chi connectivity index (χ3n) is 3.57. The molecule has 1 fully saturated rings. The van der Waals surface area contributed by atoms with Gasteiger partial charge in [-0.1, -0.05) is 6.92 Å². The highest BCUT2D eigenvalue weighted by atomic mass is 127. The predicted molar refractivity (Wildman–Crippen MR) is 104 cm³/mol. The average molecular weight is 438 g/mol. The zero-order valence-corrected chi connectivity index (χ0v) is 17.0. The molecular weight excluding hydrogens is 411 g/mol. The van der Waals surface area contributed by atoms with Gasteiger partial charge in [0.15, 0.2) is 5.96 Å². The predicted octanol–water partition coefficient (Wildman–Crippen LogP) is 2.51. The van der Waals surface area contributed by atoms with E-state index in [-0.39, 0.29) is 29.4 Å². The van der Waals surface area contributed by atoms with E-state index < -0.39 is 0 Å². The number of rotatable bonds is 6. The second kappa shape index (κ2) is 9.02. The molecule has 0 aromatic carbocycles. The highest BCUT2D eigenvalue weighted by Gasteiger charge is 2.33. The molecule has 0 amide bonds. The maximum atomic E-state index is 5.27. The molecule has 1 aromatic rings. The molecule has 0 aliphatic carbocycles. The minimum absolute atomic E-state index is 0. The fraction of sp³-hybridized carbons (Fsp3) is 0.733. The van der Waals surface area contributed by atoms with Crippen LogP contribution in [-0.4, -0.2) is 43.8 Å². The Morgan fingerprint density at radius 3 is 2.59 bits per heavy atom. The normalized spacial score (nSPS) is 16.6. The largest absolute Gasteiger partial charge is 0.380 e. The topological polar surface area (TPSA) is 58.5 Å². The van der Waals surface area contributed by atoms with E-state index in [4.69, 9.17) is 4.74 Å². The number of ether oxygens (including phenoxy) is 1. The van der Waals surface area contributed by atoms with Gasteiger partial charge in [0.05, 0.1) is 30.5 Å². The lowest BCUT2D eigenvalue weighted by Crippen LogP contribution is -2.44. The van der Waals surface area contributed by atoms with E-state index in [9.17, 15) is 0 Å². The van der Waals surface area contributed by atoms with Gasteiger partial charge < -0.3 is 15.4 Å². The molecule has 2 heterocycles. The number of aromatic nitrogens is 1. The number of hydrogen-bond acceptors (Lipinski definition) is 4. The van der Waals surface area contributed by atoms with Crippen LogP contribution in [0.2, 0.25) is 0 Å². The van der Waals surface area contributed by atoms with Crippen molar-refractivity contribution in [3.8, 4) is 0 Å². The van der Waals surface area contributed by atoms with Gasteiger partial charge in [0.1, 0.15) is 0 Å². The number of halogens is 1. The second-order valence-corrected chi connectivity index (χ2v) is 7.21. The highest BCUT2D eigenvalue weighted by molar-refractivity contribution is 14.0. The Hall–Kier alpha value is -0.410. The smallest absolute Gasteiger partial charge is 0.191 e. The third-order valence-corrected chi connectivity index (χ3v) is 4.70. The molecule has 7 heteroatoms. The molecule has 0 saturated carbocycles. The molecule has 1 aromatic heterocycles. The summed E-state index contributed by atoms with van der Waals surface area (Å²) in [5.74, 6) is 0.885. The molecule has 5 nitrogen and oxygen atoms in total. The van der Waals surface area contributed by atoms with Gasteiger partial charge >= 0.3 is 0 Å². The van der Waals surface area contributed by atoms with Crippen LogP contribution < -0.4 is 10.6 Å². The number of nitrogens with zero attached hydrogens (tertiary/aromatic N) is 2. The molecule has 0 radical (unpaired) electrons. The van der Waals surface area contributed by atoms with Crippen molar-refractivity contribution in [3.63, 3.8) is 0 Å². The first-order chi connectivity index (χ1) is 10.0. The third kappa shape index (κ3) is 5.66. The first-order valence-corrected chi connectivity index (χ1v) is 8.37. The number of thiazole rings is 1. The van der Waals surface area contributed by atoms with E-state index in [0.29, 0.717) is 0 Å². The molecule has 126 valence electrons. The van der Waals surface area contributed by atoms with Crippen molar-refractivity contribution in [2.75, 3.05) is 32.8 Å². The number of nitrogens with one attached hydrogen (secondary N) is 2. The van der Waals surface area contributed by atoms with Crippen LogP contribution in [0.3, 0.4) is 0 Å². The molecule has 1 aliphatic rings. The van der Waals surface area contributed by atoms with E-state index in [1.165, 1.54) is 9.88 Å². The van der Waals surface area contributed by atoms with Gasteiger partial charge in [-0.25, -0.2) is 4.98 Å². The Balaban J connectivity index is 0.00000242. The van der Waals surface area contributed by atoms with Crippen LogP contribution in [0.25, 0.3) is 0 Å². The first kappa shape index (κ1) is 19.6. The fourth-order valence-corrected chi connectivity index (χ4v) is 3.02. The summed E-state index contributed by atoms with van der Waals surface area (Å²) in [6.45, 7) is 12.6. The van der Waals surface area contributed by atoms with Gasteiger partial charge in [0.25, 0.3) is 0 Å². The number of aliphatic imine (C=N–C) groups is 1. The number of aryl methyl sites for hydroxylation is 2. The number of hydrogen-bond donors (Lipinski definition) is 2. The van der Waals surface area contributed by atoms with Crippen molar-refractivity contribution in [3.05, 3.63) is 15.6 Å². The standard InChI is InChI=1S/C15H26N4OS.HI/c1-5-16-14(18-8-15(4)9-20-10-15)17-7-6-13-19-11(2)12(3)21-13;/h5-10H2,1-4H3,(H2,16,17,18);1H. The quantitative estimate of drug-likeness (QED) is 0.407. The van der Waals surface area contributed by atoms with Crippen molar-refractivity contribution in [2.45, 2.75) is 34.1 Å². The Labute approximate surface area is 154 Å². The highest BCUT2D eigenvalue weighted by Crippen LogP contribution is 2.26. The molecule has 0 spiro atoms. The van der Waals surface area contributed by atoms with E-state index in [1.807, 2.05) is 0 Å². The Morgan fingerprint density at radius 2 is 2.09 bits per heavy atom. The summed E-state index contributed by atoms with van der Waals surface area (Å²) < 4.78 is 5.27. The minimum Gasteiger partial charge on any atom is -0.380 e. The molecule has 2 N–H and O–H groups in total. The van der Waals surface area contributed by atoms with Crippen LogP contribution in [0.4, 0.5) is 0 Å². The molecule has 2 rings (SSSR count). The van der Waals surface area contributed by atoms with Gasteiger partial charge in [0, 0.05) is 29.8 Å². The van der Waals surface area contributed by atoms with E-state index in [1.54, 1.807) is 11.3 Å². The average Bonchev–Trinajstić information content (AvgIpc) is 2.73. The number of guanidine groups is 1. The van der Waals surface area contributed by atoms with Crippen molar-refractivity contribution < 1.29 is 4.74 Å². The molecule has 0 bridgehead atoms. The molecule has 0 unspecified atom stereocenters. The molecule has 22 heavy (non-hydrogen) atoms. The minimum atomic E-state index is 0. The van der Waals surface area contributed by atoms with Gasteiger partial charge in [-0.05, 0) is 20.8 Å². The van der Waals surface area contributed by atoms with Gasteiger partial charge in [0.2, 0.25) is 0 Å². The van der Waals surface area contributed by atoms with Gasteiger partial charge in [-0.2, -0.15) is 0 Å². The summed E-state index contributed by atoms with van der Waals surface area (Å²) in [4.78, 5) is 10.5. The van der Waals surface area contributed by atoms with E-state index >= 15 is 0 Å². The lowest BCUT2D eigenvalue weighted by molar-refractivity contribution is -0.0945. The van der Waals surface area contributed by atoms with Crippen LogP contribution in [-0.2, 0) is 11.2 Å². The Morgan fingerprint density at radius 1 is 1.36 bits per heavy atom. The lowest BCUT2D eigenvalue weighted by atomic mass is 9.89. The maximum Gasteiger partial charge on any atom is 0.191 e. The van der Waals surface area contributed by atoms with Crippen molar-refractivity contribution in [1.82, 2.24) is 15.6 Å². The van der Waals surface area contributed by atoms with Crippen LogP contribution in [0.1, 0.15) is 29.4 Å². The summed E-state index contributed by atoms with van der Waals surface area (Å²) in [5, 5.41) is 7.86. The van der Waals surface area contributed by atoms with Crippen LogP contribution in [0.5, 0.6) is 0 Å². The van der Waals surface area contributed by atoms with Crippen LogP contribution in [0.15, 0.2) is 4.99 Å². The monoisotopic (exact) mass is 438 g/mol. The SMILES string of the molecule is CCNC(=NCC1(C)COC1)NCCc1nc(C)c(C)s1.I. The Kier molecular flexibility index (Phi) is 8.06. The lowest BCUT2D eigenvalue weighted by Gasteiger charge is -2.36. The molecular formula is C15H27IN4OS. The van der Waals surface area contributed by atoms with Crippen molar-refractivity contribution in [1.29, 1.82) is 0 Å². The van der Waals surface area contributed by atoms with Crippen molar-refractivity contribution >= 4 is 41.3 Å². The summed E-state index contributed by atoms with van der Waals surface area (Å²) in [6, 6.07) is 0. The Bertz CT molecular complexity index is 480. The van der Waals surface area contributed by atoms with Crippen LogP contribution >= 0.6 is 35.3 Å².